The summed E-state index contributed by atoms with van der Waals surface area (Å²) in [5, 5.41) is 0. The molecule has 1 aromatic rings. The number of anilines is 1. The van der Waals surface area contributed by atoms with Crippen LogP contribution in [0.3, 0.4) is 0 Å². The number of carbonyl (C=O) groups is 1. The van der Waals surface area contributed by atoms with Crippen LogP contribution in [-0.4, -0.2) is 32.1 Å². The minimum Gasteiger partial charge on any atom is -0.359 e. The number of methoxy groups -OCH3 is 1. The lowest BCUT2D eigenvalue weighted by Crippen LogP contribution is -2.53. The molecule has 0 bridgehead atoms. The third-order valence-corrected chi connectivity index (χ3v) is 3.04. The number of ether oxygens (including phenoxy) is 2. The summed E-state index contributed by atoms with van der Waals surface area (Å²) < 4.78 is 10.3. The third-order valence-electron chi connectivity index (χ3n) is 3.04. The van der Waals surface area contributed by atoms with Crippen LogP contribution in [0.1, 0.15) is 12.5 Å². The van der Waals surface area contributed by atoms with E-state index in [9.17, 15) is 4.79 Å². The van der Waals surface area contributed by atoms with E-state index in [0.29, 0.717) is 6.42 Å². The number of carbonyl (C=O) groups excluding carboxylic acids is 1. The van der Waals surface area contributed by atoms with E-state index in [1.165, 1.54) is 0 Å². The molecular formula is C13H18N2O3. The van der Waals surface area contributed by atoms with Crippen molar-refractivity contribution in [1.82, 2.24) is 0 Å². The molecule has 1 aliphatic rings. The predicted molar refractivity (Wildman–Crippen MR) is 68.0 cm³/mol. The van der Waals surface area contributed by atoms with Crippen molar-refractivity contribution in [3.05, 3.63) is 29.8 Å². The molecular weight excluding hydrogens is 232 g/mol. The van der Waals surface area contributed by atoms with Crippen molar-refractivity contribution < 1.29 is 14.3 Å². The van der Waals surface area contributed by atoms with Crippen LogP contribution in [0.2, 0.25) is 0 Å². The summed E-state index contributed by atoms with van der Waals surface area (Å²) in [6, 6.07) is 7.23. The minimum atomic E-state index is -0.506. The Balaban J connectivity index is 2.29. The molecule has 2 atom stereocenters. The van der Waals surface area contributed by atoms with Gasteiger partial charge in [-0.1, -0.05) is 18.2 Å². The highest BCUT2D eigenvalue weighted by Crippen LogP contribution is 2.29. The molecule has 0 fully saturated rings. The molecule has 2 rings (SSSR count). The van der Waals surface area contributed by atoms with Gasteiger partial charge in [0.2, 0.25) is 5.91 Å². The molecule has 2 unspecified atom stereocenters. The van der Waals surface area contributed by atoms with Crippen molar-refractivity contribution >= 4 is 11.6 Å². The van der Waals surface area contributed by atoms with Gasteiger partial charge in [0.05, 0.1) is 6.04 Å². The number of benzene rings is 1. The van der Waals surface area contributed by atoms with E-state index in [-0.39, 0.29) is 12.7 Å². The first-order valence-corrected chi connectivity index (χ1v) is 5.92. The Labute approximate surface area is 106 Å². The highest BCUT2D eigenvalue weighted by molar-refractivity contribution is 6.00. The Morgan fingerprint density at radius 1 is 1.50 bits per heavy atom. The normalized spacial score (nSPS) is 20.7. The first kappa shape index (κ1) is 13.0. The number of fused-ring (bicyclic) bond motifs is 1. The number of nitrogens with zero attached hydrogens (tertiary/aromatic N) is 1. The van der Waals surface area contributed by atoms with Crippen molar-refractivity contribution in [2.75, 3.05) is 18.8 Å². The van der Waals surface area contributed by atoms with Crippen molar-refractivity contribution in [1.29, 1.82) is 0 Å². The second-order valence-electron chi connectivity index (χ2n) is 4.32. The third kappa shape index (κ3) is 2.38. The second-order valence-corrected chi connectivity index (χ2v) is 4.32. The summed E-state index contributed by atoms with van der Waals surface area (Å²) in [5.74, 6) is -0.114. The lowest BCUT2D eigenvalue weighted by atomic mass is 9.97. The van der Waals surface area contributed by atoms with Crippen LogP contribution in [0.4, 0.5) is 5.69 Å². The van der Waals surface area contributed by atoms with Crippen LogP contribution in [-0.2, 0) is 20.7 Å². The SMILES string of the molecule is COCOC(C)N1C(=O)C(N)Cc2ccccc21. The van der Waals surface area contributed by atoms with Crippen LogP contribution in [0.15, 0.2) is 24.3 Å². The second kappa shape index (κ2) is 5.48. The maximum Gasteiger partial charge on any atom is 0.246 e. The fourth-order valence-corrected chi connectivity index (χ4v) is 2.16. The van der Waals surface area contributed by atoms with E-state index in [1.807, 2.05) is 31.2 Å². The zero-order chi connectivity index (χ0) is 13.1. The Morgan fingerprint density at radius 3 is 2.94 bits per heavy atom. The molecule has 5 nitrogen and oxygen atoms in total. The number of nitrogens with two attached hydrogens (primary N) is 1. The molecule has 18 heavy (non-hydrogen) atoms. The van der Waals surface area contributed by atoms with Crippen LogP contribution in [0, 0.1) is 0 Å². The largest absolute Gasteiger partial charge is 0.359 e. The van der Waals surface area contributed by atoms with Gasteiger partial charge in [0.15, 0.2) is 0 Å². The van der Waals surface area contributed by atoms with Crippen LogP contribution < -0.4 is 10.6 Å². The van der Waals surface area contributed by atoms with E-state index >= 15 is 0 Å². The highest BCUT2D eigenvalue weighted by Gasteiger charge is 2.33. The summed E-state index contributed by atoms with van der Waals surface area (Å²) in [6.07, 6.45) is 0.174. The van der Waals surface area contributed by atoms with E-state index in [4.69, 9.17) is 15.2 Å². The van der Waals surface area contributed by atoms with Crippen molar-refractivity contribution in [2.45, 2.75) is 25.6 Å². The maximum absolute atomic E-state index is 12.2. The molecule has 0 aromatic heterocycles. The number of rotatable bonds is 4. The average Bonchev–Trinajstić information content (AvgIpc) is 2.37. The Hall–Kier alpha value is -1.43. The van der Waals surface area contributed by atoms with E-state index < -0.39 is 12.3 Å². The molecule has 0 radical (unpaired) electrons. The summed E-state index contributed by atoms with van der Waals surface area (Å²) in [5.41, 5.74) is 7.81. The summed E-state index contributed by atoms with van der Waals surface area (Å²) in [7, 11) is 1.55. The predicted octanol–water partition coefficient (Wildman–Crippen LogP) is 0.870. The molecule has 98 valence electrons. The first-order chi connectivity index (χ1) is 8.65. The molecule has 0 saturated carbocycles. The standard InChI is InChI=1S/C13H18N2O3/c1-9(18-8-17-2)15-12-6-4-3-5-10(12)7-11(14)13(15)16/h3-6,9,11H,7-8,14H2,1-2H3. The van der Waals surface area contributed by atoms with Gasteiger partial charge in [0, 0.05) is 12.8 Å². The van der Waals surface area contributed by atoms with Gasteiger partial charge in [-0.15, -0.1) is 0 Å². The molecule has 1 aliphatic heterocycles. The van der Waals surface area contributed by atoms with Crippen molar-refractivity contribution in [2.24, 2.45) is 5.73 Å². The van der Waals surface area contributed by atoms with Gasteiger partial charge < -0.3 is 15.2 Å². The Bertz CT molecular complexity index is 436. The lowest BCUT2D eigenvalue weighted by Gasteiger charge is -2.36. The monoisotopic (exact) mass is 250 g/mol. The molecule has 0 saturated heterocycles. The highest BCUT2D eigenvalue weighted by atomic mass is 16.7. The van der Waals surface area contributed by atoms with Crippen LogP contribution in [0.5, 0.6) is 0 Å². The van der Waals surface area contributed by atoms with E-state index in [0.717, 1.165) is 11.3 Å². The topological polar surface area (TPSA) is 64.8 Å². The number of hydrogen-bond acceptors (Lipinski definition) is 4. The van der Waals surface area contributed by atoms with Gasteiger partial charge >= 0.3 is 0 Å². The number of amides is 1. The van der Waals surface area contributed by atoms with E-state index in [1.54, 1.807) is 12.0 Å². The maximum atomic E-state index is 12.2. The molecule has 0 spiro atoms. The smallest absolute Gasteiger partial charge is 0.246 e. The fourth-order valence-electron chi connectivity index (χ4n) is 2.16. The van der Waals surface area contributed by atoms with E-state index in [2.05, 4.69) is 0 Å². The lowest BCUT2D eigenvalue weighted by molar-refractivity contribution is -0.125. The van der Waals surface area contributed by atoms with Crippen LogP contribution >= 0.6 is 0 Å². The molecule has 0 aliphatic carbocycles. The number of para-hydroxylation sites is 1. The van der Waals surface area contributed by atoms with Gasteiger partial charge in [-0.3, -0.25) is 9.69 Å². The van der Waals surface area contributed by atoms with Gasteiger partial charge in [-0.25, -0.2) is 0 Å². The zero-order valence-electron chi connectivity index (χ0n) is 10.6. The molecule has 2 N–H and O–H groups in total. The summed E-state index contributed by atoms with van der Waals surface area (Å²) >= 11 is 0. The molecule has 5 heteroatoms. The Kier molecular flexibility index (Phi) is 3.96. The molecule has 1 heterocycles. The average molecular weight is 250 g/mol. The number of hydrogen-bond donors (Lipinski definition) is 1. The van der Waals surface area contributed by atoms with Crippen molar-refractivity contribution in [3.63, 3.8) is 0 Å². The van der Waals surface area contributed by atoms with Crippen molar-refractivity contribution in [3.8, 4) is 0 Å². The zero-order valence-corrected chi connectivity index (χ0v) is 10.6. The van der Waals surface area contributed by atoms with Gasteiger partial charge in [0.1, 0.15) is 13.0 Å². The van der Waals surface area contributed by atoms with Gasteiger partial charge in [-0.05, 0) is 25.0 Å². The van der Waals surface area contributed by atoms with Gasteiger partial charge in [-0.2, -0.15) is 0 Å². The quantitative estimate of drug-likeness (QED) is 0.805. The summed E-state index contributed by atoms with van der Waals surface area (Å²) in [4.78, 5) is 13.8. The summed E-state index contributed by atoms with van der Waals surface area (Å²) in [6.45, 7) is 1.95. The fraction of sp³-hybridized carbons (Fsp3) is 0.462. The first-order valence-electron chi connectivity index (χ1n) is 5.92. The molecule has 1 amide bonds. The minimum absolute atomic E-state index is 0.114. The van der Waals surface area contributed by atoms with Crippen LogP contribution in [0.25, 0.3) is 0 Å². The molecule has 1 aromatic carbocycles. The Morgan fingerprint density at radius 2 is 2.22 bits per heavy atom. The van der Waals surface area contributed by atoms with Gasteiger partial charge in [0.25, 0.3) is 0 Å².